The van der Waals surface area contributed by atoms with Gasteiger partial charge in [0, 0.05) is 17.6 Å². The molecule has 0 aliphatic rings. The van der Waals surface area contributed by atoms with Crippen molar-refractivity contribution in [2.24, 2.45) is 16.3 Å². The molecule has 18 heavy (non-hydrogen) atoms. The number of amidine groups is 1. The van der Waals surface area contributed by atoms with Crippen molar-refractivity contribution in [1.29, 1.82) is 0 Å². The Bertz CT molecular complexity index is 399. The van der Waals surface area contributed by atoms with Gasteiger partial charge >= 0.3 is 0 Å². The molecule has 0 aromatic heterocycles. The van der Waals surface area contributed by atoms with Crippen molar-refractivity contribution in [3.63, 3.8) is 0 Å². The van der Waals surface area contributed by atoms with E-state index in [4.69, 9.17) is 15.7 Å². The third-order valence-electron chi connectivity index (χ3n) is 2.97. The standard InChI is InChI=1S/C13H21N3O2/c1-13(2,12(14)16-17)8-9-15-10-4-6-11(18-3)7-5-10/h4-7,15,17H,8-9H2,1-3H3,(H2,14,16). The van der Waals surface area contributed by atoms with Crippen molar-refractivity contribution in [3.8, 4) is 5.75 Å². The average Bonchev–Trinajstić information content (AvgIpc) is 2.38. The fourth-order valence-electron chi connectivity index (χ4n) is 1.49. The van der Waals surface area contributed by atoms with Crippen LogP contribution in [0, 0.1) is 5.41 Å². The number of anilines is 1. The van der Waals surface area contributed by atoms with Gasteiger partial charge in [-0.15, -0.1) is 0 Å². The highest BCUT2D eigenvalue weighted by molar-refractivity contribution is 5.85. The lowest BCUT2D eigenvalue weighted by molar-refractivity contribution is 0.306. The summed E-state index contributed by atoms with van der Waals surface area (Å²) in [6.07, 6.45) is 0.773. The highest BCUT2D eigenvalue weighted by atomic mass is 16.5. The molecule has 0 spiro atoms. The Balaban J connectivity index is 2.46. The molecule has 0 radical (unpaired) electrons. The van der Waals surface area contributed by atoms with Gasteiger partial charge in [-0.05, 0) is 30.7 Å². The maximum atomic E-state index is 8.67. The quantitative estimate of drug-likeness (QED) is 0.313. The van der Waals surface area contributed by atoms with Crippen molar-refractivity contribution in [2.45, 2.75) is 20.3 Å². The molecule has 1 rings (SSSR count). The summed E-state index contributed by atoms with van der Waals surface area (Å²) >= 11 is 0. The van der Waals surface area contributed by atoms with Crippen molar-refractivity contribution < 1.29 is 9.94 Å². The first-order valence-electron chi connectivity index (χ1n) is 5.85. The largest absolute Gasteiger partial charge is 0.497 e. The summed E-state index contributed by atoms with van der Waals surface area (Å²) in [7, 11) is 1.64. The second-order valence-corrected chi connectivity index (χ2v) is 4.77. The number of benzene rings is 1. The van der Waals surface area contributed by atoms with E-state index >= 15 is 0 Å². The normalized spacial score (nSPS) is 12.3. The number of oxime groups is 1. The summed E-state index contributed by atoms with van der Waals surface area (Å²) in [6.45, 7) is 4.63. The molecule has 0 unspecified atom stereocenters. The molecule has 0 amide bonds. The summed E-state index contributed by atoms with van der Waals surface area (Å²) in [5.41, 5.74) is 6.32. The summed E-state index contributed by atoms with van der Waals surface area (Å²) in [5.74, 6) is 1.08. The first kappa shape index (κ1) is 14.2. The van der Waals surface area contributed by atoms with E-state index in [1.165, 1.54) is 0 Å². The number of hydrogen-bond acceptors (Lipinski definition) is 4. The molecule has 0 aliphatic heterocycles. The average molecular weight is 251 g/mol. The van der Waals surface area contributed by atoms with Crippen molar-refractivity contribution >= 4 is 11.5 Å². The minimum absolute atomic E-state index is 0.249. The van der Waals surface area contributed by atoms with Crippen LogP contribution in [0.3, 0.4) is 0 Å². The molecule has 0 saturated carbocycles. The van der Waals surface area contributed by atoms with E-state index in [0.717, 1.165) is 24.4 Å². The predicted octanol–water partition coefficient (Wildman–Crippen LogP) is 2.27. The number of hydrogen-bond donors (Lipinski definition) is 3. The molecule has 100 valence electrons. The zero-order chi connectivity index (χ0) is 13.6. The van der Waals surface area contributed by atoms with E-state index in [-0.39, 0.29) is 11.3 Å². The first-order valence-corrected chi connectivity index (χ1v) is 5.85. The Hall–Kier alpha value is -1.91. The second-order valence-electron chi connectivity index (χ2n) is 4.77. The molecule has 5 nitrogen and oxygen atoms in total. The van der Waals surface area contributed by atoms with Crippen LogP contribution in [0.2, 0.25) is 0 Å². The summed E-state index contributed by atoms with van der Waals surface area (Å²) in [4.78, 5) is 0. The monoisotopic (exact) mass is 251 g/mol. The van der Waals surface area contributed by atoms with Crippen molar-refractivity contribution in [2.75, 3.05) is 19.0 Å². The van der Waals surface area contributed by atoms with Gasteiger partial charge in [-0.3, -0.25) is 0 Å². The summed E-state index contributed by atoms with van der Waals surface area (Å²) in [6, 6.07) is 7.71. The van der Waals surface area contributed by atoms with Crippen LogP contribution in [-0.4, -0.2) is 24.7 Å². The third-order valence-corrected chi connectivity index (χ3v) is 2.97. The van der Waals surface area contributed by atoms with Crippen LogP contribution in [0.15, 0.2) is 29.4 Å². The van der Waals surface area contributed by atoms with Crippen LogP contribution in [0.25, 0.3) is 0 Å². The van der Waals surface area contributed by atoms with E-state index in [1.807, 2.05) is 38.1 Å². The zero-order valence-electron chi connectivity index (χ0n) is 11.1. The molecule has 1 aromatic carbocycles. The van der Waals surface area contributed by atoms with E-state index < -0.39 is 0 Å². The lowest BCUT2D eigenvalue weighted by Crippen LogP contribution is -2.33. The minimum atomic E-state index is -0.325. The van der Waals surface area contributed by atoms with Gasteiger partial charge in [0.2, 0.25) is 0 Å². The molecule has 5 heteroatoms. The van der Waals surface area contributed by atoms with Crippen LogP contribution in [0.5, 0.6) is 5.75 Å². The van der Waals surface area contributed by atoms with Crippen LogP contribution < -0.4 is 15.8 Å². The Morgan fingerprint density at radius 3 is 2.50 bits per heavy atom. The number of nitrogens with one attached hydrogen (secondary N) is 1. The SMILES string of the molecule is COc1ccc(NCCC(C)(C)C(N)=NO)cc1. The van der Waals surface area contributed by atoms with Gasteiger partial charge in [-0.1, -0.05) is 19.0 Å². The Kier molecular flexibility index (Phi) is 4.83. The number of ether oxygens (including phenoxy) is 1. The number of methoxy groups -OCH3 is 1. The van der Waals surface area contributed by atoms with E-state index in [9.17, 15) is 0 Å². The fraction of sp³-hybridized carbons (Fsp3) is 0.462. The van der Waals surface area contributed by atoms with Crippen molar-refractivity contribution in [3.05, 3.63) is 24.3 Å². The highest BCUT2D eigenvalue weighted by Crippen LogP contribution is 2.21. The van der Waals surface area contributed by atoms with Crippen LogP contribution in [-0.2, 0) is 0 Å². The summed E-state index contributed by atoms with van der Waals surface area (Å²) in [5, 5.41) is 15.0. The lowest BCUT2D eigenvalue weighted by Gasteiger charge is -2.23. The second kappa shape index (κ2) is 6.14. The number of rotatable bonds is 6. The Labute approximate surface area is 108 Å². The molecule has 1 aromatic rings. The molecule has 0 aliphatic carbocycles. The smallest absolute Gasteiger partial charge is 0.144 e. The number of nitrogens with zero attached hydrogens (tertiary/aromatic N) is 1. The number of nitrogens with two attached hydrogens (primary N) is 1. The van der Waals surface area contributed by atoms with Gasteiger partial charge in [0.25, 0.3) is 0 Å². The third kappa shape index (κ3) is 3.84. The van der Waals surface area contributed by atoms with Crippen LogP contribution in [0.4, 0.5) is 5.69 Å². The van der Waals surface area contributed by atoms with E-state index in [1.54, 1.807) is 7.11 Å². The molecule has 0 bridgehead atoms. The molecular formula is C13H21N3O2. The first-order chi connectivity index (χ1) is 8.49. The van der Waals surface area contributed by atoms with Gasteiger partial charge in [-0.25, -0.2) is 0 Å². The van der Waals surface area contributed by atoms with Gasteiger partial charge < -0.3 is 21.0 Å². The zero-order valence-corrected chi connectivity index (χ0v) is 11.1. The highest BCUT2D eigenvalue weighted by Gasteiger charge is 2.22. The van der Waals surface area contributed by atoms with Crippen molar-refractivity contribution in [1.82, 2.24) is 0 Å². The molecule has 0 heterocycles. The predicted molar refractivity (Wildman–Crippen MR) is 73.3 cm³/mol. The van der Waals surface area contributed by atoms with Gasteiger partial charge in [0.1, 0.15) is 11.6 Å². The van der Waals surface area contributed by atoms with E-state index in [0.29, 0.717) is 0 Å². The topological polar surface area (TPSA) is 79.9 Å². The van der Waals surface area contributed by atoms with Crippen LogP contribution in [0.1, 0.15) is 20.3 Å². The molecule has 4 N–H and O–H groups in total. The maximum absolute atomic E-state index is 8.67. The molecular weight excluding hydrogens is 230 g/mol. The van der Waals surface area contributed by atoms with Gasteiger partial charge in [0.05, 0.1) is 7.11 Å². The maximum Gasteiger partial charge on any atom is 0.144 e. The molecule has 0 saturated heterocycles. The van der Waals surface area contributed by atoms with E-state index in [2.05, 4.69) is 10.5 Å². The molecule has 0 fully saturated rings. The van der Waals surface area contributed by atoms with Gasteiger partial charge in [-0.2, -0.15) is 0 Å². The summed E-state index contributed by atoms with van der Waals surface area (Å²) < 4.78 is 5.09. The molecule has 0 atom stereocenters. The van der Waals surface area contributed by atoms with Crippen LogP contribution >= 0.6 is 0 Å². The lowest BCUT2D eigenvalue weighted by atomic mass is 9.88. The Morgan fingerprint density at radius 1 is 1.39 bits per heavy atom. The van der Waals surface area contributed by atoms with Gasteiger partial charge in [0.15, 0.2) is 0 Å². The minimum Gasteiger partial charge on any atom is -0.497 e. The Morgan fingerprint density at radius 2 is 2.00 bits per heavy atom. The fourth-order valence-corrected chi connectivity index (χ4v) is 1.49.